The molecule has 2 unspecified atom stereocenters. The van der Waals surface area contributed by atoms with Crippen LogP contribution in [0.1, 0.15) is 29.2 Å². The van der Waals surface area contributed by atoms with Crippen molar-refractivity contribution >= 4 is 23.2 Å². The smallest absolute Gasteiger partial charge is 0.241 e. The first kappa shape index (κ1) is 19.2. The topological polar surface area (TPSA) is 47.6 Å². The van der Waals surface area contributed by atoms with Gasteiger partial charge in [0.1, 0.15) is 6.04 Å². The first-order chi connectivity index (χ1) is 13.5. The number of anilines is 1. The summed E-state index contributed by atoms with van der Waals surface area (Å²) in [5.74, 6) is 0.169. The average Bonchev–Trinajstić information content (AvgIpc) is 3.20. The maximum Gasteiger partial charge on any atom is 0.241 e. The average molecular weight is 399 g/mol. The number of halogens is 1. The van der Waals surface area contributed by atoms with Gasteiger partial charge in [0.05, 0.1) is 0 Å². The summed E-state index contributed by atoms with van der Waals surface area (Å²) in [6, 6.07) is 14.2. The van der Waals surface area contributed by atoms with Crippen LogP contribution in [0.5, 0.6) is 0 Å². The number of nitrogens with zero attached hydrogens (tertiary/aromatic N) is 2. The molecule has 2 N–H and O–H groups in total. The van der Waals surface area contributed by atoms with E-state index < -0.39 is 0 Å². The van der Waals surface area contributed by atoms with E-state index in [9.17, 15) is 4.79 Å². The molecule has 0 radical (unpaired) electrons. The predicted molar refractivity (Wildman–Crippen MR) is 114 cm³/mol. The summed E-state index contributed by atoms with van der Waals surface area (Å²) in [6.45, 7) is 7.50. The molecule has 4 rings (SSSR count). The molecule has 0 aromatic heterocycles. The van der Waals surface area contributed by atoms with Crippen molar-refractivity contribution in [3.8, 4) is 0 Å². The zero-order valence-corrected chi connectivity index (χ0v) is 17.2. The van der Waals surface area contributed by atoms with Crippen LogP contribution in [0.2, 0.25) is 5.02 Å². The zero-order valence-electron chi connectivity index (χ0n) is 16.4. The van der Waals surface area contributed by atoms with Crippen molar-refractivity contribution in [3.05, 3.63) is 64.2 Å². The molecular formula is C22H27ClN4O. The number of benzene rings is 2. The van der Waals surface area contributed by atoms with Gasteiger partial charge >= 0.3 is 0 Å². The van der Waals surface area contributed by atoms with E-state index in [4.69, 9.17) is 11.6 Å². The Labute approximate surface area is 171 Å². The summed E-state index contributed by atoms with van der Waals surface area (Å²) < 4.78 is 0. The largest absolute Gasteiger partial charge is 0.368 e. The van der Waals surface area contributed by atoms with E-state index in [1.54, 1.807) is 0 Å². The van der Waals surface area contributed by atoms with Crippen molar-refractivity contribution in [1.82, 2.24) is 15.8 Å². The Morgan fingerprint density at radius 1 is 1.04 bits per heavy atom. The lowest BCUT2D eigenvalue weighted by Gasteiger charge is -2.37. The second kappa shape index (κ2) is 8.11. The van der Waals surface area contributed by atoms with Crippen molar-refractivity contribution in [2.24, 2.45) is 0 Å². The van der Waals surface area contributed by atoms with Crippen LogP contribution in [-0.2, 0) is 4.79 Å². The van der Waals surface area contributed by atoms with E-state index in [1.807, 2.05) is 29.2 Å². The number of hydrazine groups is 1. The van der Waals surface area contributed by atoms with Crippen LogP contribution in [0.4, 0.5) is 5.69 Å². The molecule has 2 aliphatic rings. The van der Waals surface area contributed by atoms with Gasteiger partial charge in [-0.2, -0.15) is 0 Å². The van der Waals surface area contributed by atoms with Crippen molar-refractivity contribution in [2.75, 3.05) is 31.1 Å². The Hall–Kier alpha value is -2.08. The maximum atomic E-state index is 13.0. The van der Waals surface area contributed by atoms with Gasteiger partial charge < -0.3 is 9.80 Å². The number of carbonyl (C=O) groups excluding carboxylic acids is 1. The van der Waals surface area contributed by atoms with Crippen LogP contribution in [-0.4, -0.2) is 43.0 Å². The summed E-state index contributed by atoms with van der Waals surface area (Å²) in [6.07, 6.45) is 0.708. The van der Waals surface area contributed by atoms with Crippen molar-refractivity contribution < 1.29 is 4.79 Å². The Morgan fingerprint density at radius 3 is 2.54 bits per heavy atom. The van der Waals surface area contributed by atoms with Crippen molar-refractivity contribution in [2.45, 2.75) is 32.4 Å². The number of piperazine rings is 1. The van der Waals surface area contributed by atoms with E-state index >= 15 is 0 Å². The first-order valence-electron chi connectivity index (χ1n) is 9.89. The monoisotopic (exact) mass is 398 g/mol. The van der Waals surface area contributed by atoms with Gasteiger partial charge in [-0.05, 0) is 49.1 Å². The third kappa shape index (κ3) is 3.88. The third-order valence-corrected chi connectivity index (χ3v) is 6.12. The number of amides is 1. The molecule has 1 amide bonds. The van der Waals surface area contributed by atoms with Crippen LogP contribution < -0.4 is 15.8 Å². The van der Waals surface area contributed by atoms with Gasteiger partial charge in [0.2, 0.25) is 5.91 Å². The quantitative estimate of drug-likeness (QED) is 0.833. The highest BCUT2D eigenvalue weighted by Crippen LogP contribution is 2.29. The summed E-state index contributed by atoms with van der Waals surface area (Å²) >= 11 is 6.31. The molecule has 2 atom stereocenters. The van der Waals surface area contributed by atoms with Gasteiger partial charge in [-0.25, -0.2) is 10.9 Å². The molecule has 2 aromatic rings. The van der Waals surface area contributed by atoms with Gasteiger partial charge in [-0.15, -0.1) is 0 Å². The molecule has 5 nitrogen and oxygen atoms in total. The number of hydrogen-bond donors (Lipinski definition) is 2. The van der Waals surface area contributed by atoms with Gasteiger partial charge in [0.25, 0.3) is 0 Å². The SMILES string of the molecule is Cc1ccc(C)c(N2CCN(C(=O)C3CC(c4ccccc4Cl)NN3)CC2)c1. The highest BCUT2D eigenvalue weighted by atomic mass is 35.5. The summed E-state index contributed by atoms with van der Waals surface area (Å²) in [5.41, 5.74) is 11.3. The summed E-state index contributed by atoms with van der Waals surface area (Å²) in [7, 11) is 0. The van der Waals surface area contributed by atoms with Crippen LogP contribution in [0.25, 0.3) is 0 Å². The minimum absolute atomic E-state index is 0.0545. The number of rotatable bonds is 3. The fraction of sp³-hybridized carbons (Fsp3) is 0.409. The van der Waals surface area contributed by atoms with Crippen molar-refractivity contribution in [3.63, 3.8) is 0 Å². The number of hydrogen-bond acceptors (Lipinski definition) is 4. The van der Waals surface area contributed by atoms with Crippen LogP contribution >= 0.6 is 11.6 Å². The molecule has 0 saturated carbocycles. The molecule has 2 heterocycles. The van der Waals surface area contributed by atoms with E-state index in [0.717, 1.165) is 36.8 Å². The van der Waals surface area contributed by atoms with Gasteiger partial charge in [-0.3, -0.25) is 4.79 Å². The molecule has 28 heavy (non-hydrogen) atoms. The second-order valence-corrected chi connectivity index (χ2v) is 8.16. The molecule has 0 spiro atoms. The second-order valence-electron chi connectivity index (χ2n) is 7.75. The molecule has 0 bridgehead atoms. The molecule has 2 aliphatic heterocycles. The number of aryl methyl sites for hydroxylation is 2. The van der Waals surface area contributed by atoms with Crippen molar-refractivity contribution in [1.29, 1.82) is 0 Å². The van der Waals surface area contributed by atoms with Gasteiger partial charge in [0.15, 0.2) is 0 Å². The standard InChI is InChI=1S/C22H27ClN4O/c1-15-7-8-16(2)21(13-15)26-9-11-27(12-10-26)22(28)20-14-19(24-25-20)17-5-3-4-6-18(17)23/h3-8,13,19-20,24-25H,9-12,14H2,1-2H3. The Balaban J connectivity index is 1.36. The fourth-order valence-corrected chi connectivity index (χ4v) is 4.40. The minimum Gasteiger partial charge on any atom is -0.368 e. The zero-order chi connectivity index (χ0) is 19.7. The van der Waals surface area contributed by atoms with E-state index in [0.29, 0.717) is 6.42 Å². The van der Waals surface area contributed by atoms with Crippen LogP contribution in [0, 0.1) is 13.8 Å². The van der Waals surface area contributed by atoms with Gasteiger partial charge in [-0.1, -0.05) is 41.9 Å². The lowest BCUT2D eigenvalue weighted by Crippen LogP contribution is -2.53. The van der Waals surface area contributed by atoms with Crippen LogP contribution in [0.3, 0.4) is 0 Å². The Morgan fingerprint density at radius 2 is 1.79 bits per heavy atom. The summed E-state index contributed by atoms with van der Waals surface area (Å²) in [4.78, 5) is 17.4. The highest BCUT2D eigenvalue weighted by molar-refractivity contribution is 6.31. The molecule has 148 valence electrons. The molecule has 0 aliphatic carbocycles. The molecule has 2 saturated heterocycles. The Bertz CT molecular complexity index is 863. The first-order valence-corrected chi connectivity index (χ1v) is 10.3. The minimum atomic E-state index is -0.214. The maximum absolute atomic E-state index is 13.0. The molecular weight excluding hydrogens is 372 g/mol. The fourth-order valence-electron chi connectivity index (χ4n) is 4.13. The molecule has 2 fully saturated rings. The van der Waals surface area contributed by atoms with E-state index in [1.165, 1.54) is 16.8 Å². The van der Waals surface area contributed by atoms with E-state index in [2.05, 4.69) is 47.8 Å². The number of nitrogens with one attached hydrogen (secondary N) is 2. The Kier molecular flexibility index (Phi) is 5.58. The molecule has 6 heteroatoms. The highest BCUT2D eigenvalue weighted by Gasteiger charge is 2.34. The lowest BCUT2D eigenvalue weighted by molar-refractivity contribution is -0.133. The summed E-state index contributed by atoms with van der Waals surface area (Å²) in [5, 5.41) is 0.733. The van der Waals surface area contributed by atoms with Crippen LogP contribution in [0.15, 0.2) is 42.5 Å². The van der Waals surface area contributed by atoms with Gasteiger partial charge in [0, 0.05) is 42.9 Å². The van der Waals surface area contributed by atoms with E-state index in [-0.39, 0.29) is 18.0 Å². The third-order valence-electron chi connectivity index (χ3n) is 5.78. The number of carbonyl (C=O) groups is 1. The molecule has 2 aromatic carbocycles. The lowest BCUT2D eigenvalue weighted by atomic mass is 10.0. The normalized spacial score (nSPS) is 22.5. The predicted octanol–water partition coefficient (Wildman–Crippen LogP) is 3.21.